The molecular weight excluding hydrogens is 596 g/mol. The number of hydrogen-bond donors (Lipinski definition) is 5. The Balaban J connectivity index is 2.15. The Bertz CT molecular complexity index is 1100. The average Bonchev–Trinajstić information content (AvgIpc) is 2.76. The molecule has 0 saturated carbocycles. The van der Waals surface area contributed by atoms with Gasteiger partial charge < -0.3 is 21.9 Å². The molecule has 2 aromatic carbocycles. The first-order valence-electron chi connectivity index (χ1n) is 10.1. The minimum absolute atomic E-state index is 0.0401. The highest BCUT2D eigenvalue weighted by atomic mass is 127. The largest absolute Gasteiger partial charge is 0.480 e. The number of nitrogens with one attached hydrogen (secondary N) is 2. The summed E-state index contributed by atoms with van der Waals surface area (Å²) in [5.74, 6) is -2.95. The summed E-state index contributed by atoms with van der Waals surface area (Å²) in [6.45, 7) is 0.329. The summed E-state index contributed by atoms with van der Waals surface area (Å²) in [5, 5.41) is 20.0. The fraction of sp³-hybridized carbons (Fsp3) is 0.273. The van der Waals surface area contributed by atoms with E-state index in [-0.39, 0.29) is 35.0 Å². The lowest BCUT2D eigenvalue weighted by Crippen LogP contribution is -2.43. The van der Waals surface area contributed by atoms with Crippen LogP contribution in [0.4, 0.5) is 5.69 Å². The molecule has 0 aliphatic rings. The number of carboxylic acid groups (broad SMARTS) is 1. The van der Waals surface area contributed by atoms with Crippen molar-refractivity contribution in [3.05, 3.63) is 61.1 Å². The first-order chi connectivity index (χ1) is 16.0. The van der Waals surface area contributed by atoms with Gasteiger partial charge in [-0.1, -0.05) is 35.3 Å². The van der Waals surface area contributed by atoms with E-state index in [9.17, 15) is 14.4 Å². The summed E-state index contributed by atoms with van der Waals surface area (Å²) in [4.78, 5) is 37.5. The zero-order valence-electron chi connectivity index (χ0n) is 18.0. The van der Waals surface area contributed by atoms with E-state index in [1.807, 2.05) is 24.3 Å². The summed E-state index contributed by atoms with van der Waals surface area (Å²) in [6, 6.07) is 9.59. The van der Waals surface area contributed by atoms with Gasteiger partial charge in [0.15, 0.2) is 11.7 Å². The number of nitrogens with two attached hydrogens (primary N) is 2. The van der Waals surface area contributed by atoms with Crippen molar-refractivity contribution < 1.29 is 19.5 Å². The topological polar surface area (TPSA) is 163 Å². The molecule has 0 heterocycles. The molecule has 0 aliphatic carbocycles. The fourth-order valence-electron chi connectivity index (χ4n) is 3.09. The average molecular weight is 620 g/mol. The van der Waals surface area contributed by atoms with Crippen LogP contribution < -0.4 is 16.8 Å². The third-order valence-electron chi connectivity index (χ3n) is 4.87. The molecule has 1 amide bonds. The van der Waals surface area contributed by atoms with Gasteiger partial charge in [-0.25, -0.2) is 0 Å². The molecule has 1 atom stereocenters. The van der Waals surface area contributed by atoms with Crippen molar-refractivity contribution >= 4 is 75.1 Å². The summed E-state index contributed by atoms with van der Waals surface area (Å²) in [7, 11) is 0. The first kappa shape index (κ1) is 27.8. The summed E-state index contributed by atoms with van der Waals surface area (Å²) < 4.78 is 1.05. The van der Waals surface area contributed by atoms with Gasteiger partial charge in [0.1, 0.15) is 6.04 Å². The van der Waals surface area contributed by atoms with Gasteiger partial charge in [0.25, 0.3) is 0 Å². The number of ketones is 1. The third-order valence-corrected chi connectivity index (χ3v) is 6.35. The number of hydrogen-bond acceptors (Lipinski definition) is 6. The molecule has 34 heavy (non-hydrogen) atoms. The van der Waals surface area contributed by atoms with Crippen molar-refractivity contribution in [3.8, 4) is 0 Å². The van der Waals surface area contributed by atoms with Crippen molar-refractivity contribution in [3.63, 3.8) is 0 Å². The van der Waals surface area contributed by atoms with Gasteiger partial charge in [0.05, 0.1) is 22.2 Å². The maximum absolute atomic E-state index is 13.0. The van der Waals surface area contributed by atoms with E-state index in [0.717, 1.165) is 14.0 Å². The maximum Gasteiger partial charge on any atom is 0.320 e. The predicted molar refractivity (Wildman–Crippen MR) is 140 cm³/mol. The molecule has 0 bridgehead atoms. The van der Waals surface area contributed by atoms with Crippen LogP contribution in [0.5, 0.6) is 0 Å². The highest BCUT2D eigenvalue weighted by Crippen LogP contribution is 2.34. The predicted octanol–water partition coefficient (Wildman–Crippen LogP) is 3.70. The van der Waals surface area contributed by atoms with Gasteiger partial charge in [-0.05, 0) is 65.3 Å². The van der Waals surface area contributed by atoms with Crippen LogP contribution in [0.1, 0.15) is 35.2 Å². The van der Waals surface area contributed by atoms with E-state index in [4.69, 9.17) is 45.2 Å². The molecule has 7 N–H and O–H groups in total. The van der Waals surface area contributed by atoms with E-state index < -0.39 is 36.1 Å². The molecule has 1 unspecified atom stereocenters. The summed E-state index contributed by atoms with van der Waals surface area (Å²) in [6.07, 6.45) is -0.289. The molecule has 0 aromatic heterocycles. The zero-order chi connectivity index (χ0) is 25.4. The number of amides is 1. The second kappa shape index (κ2) is 12.9. The Morgan fingerprint density at radius 3 is 2.53 bits per heavy atom. The first-order valence-corrected chi connectivity index (χ1v) is 12.0. The number of halogens is 3. The van der Waals surface area contributed by atoms with E-state index in [2.05, 4.69) is 27.9 Å². The van der Waals surface area contributed by atoms with Crippen LogP contribution in [0.2, 0.25) is 10.0 Å². The van der Waals surface area contributed by atoms with Crippen molar-refractivity contribution in [2.75, 3.05) is 11.9 Å². The number of carboxylic acids is 1. The molecule has 0 radical (unpaired) electrons. The normalized spacial score (nSPS) is 11.5. The monoisotopic (exact) mass is 619 g/mol. The summed E-state index contributed by atoms with van der Waals surface area (Å²) in [5.41, 5.74) is 12.4. The second-order valence-electron chi connectivity index (χ2n) is 7.38. The molecule has 0 fully saturated rings. The maximum atomic E-state index is 13.0. The second-order valence-corrected chi connectivity index (χ2v) is 9.42. The fourth-order valence-corrected chi connectivity index (χ4v) is 4.09. The van der Waals surface area contributed by atoms with Crippen LogP contribution in [0.15, 0.2) is 36.4 Å². The van der Waals surface area contributed by atoms with Crippen molar-refractivity contribution in [2.45, 2.75) is 31.8 Å². The van der Waals surface area contributed by atoms with Crippen LogP contribution in [0.25, 0.3) is 0 Å². The minimum Gasteiger partial charge on any atom is -0.480 e. The quantitative estimate of drug-likeness (QED) is 0.0842. The Hall–Kier alpha value is -2.41. The van der Waals surface area contributed by atoms with E-state index in [1.54, 1.807) is 0 Å². The van der Waals surface area contributed by atoms with E-state index in [0.29, 0.717) is 12.2 Å². The summed E-state index contributed by atoms with van der Waals surface area (Å²) >= 11 is 14.7. The van der Waals surface area contributed by atoms with Gasteiger partial charge in [-0.2, -0.15) is 0 Å². The van der Waals surface area contributed by atoms with Crippen molar-refractivity contribution in [1.82, 2.24) is 4.90 Å². The standard InChI is InChI=1S/C22H24Cl2IN5O4/c23-15-7-6-14(20(19(15)24)29-11-12-3-1-4-13(25)9-12)17(31)10-18(32)30(22(27)28)8-2-5-16(26)21(33)34/h1,3-4,6-7,9,16,29H,2,5,8,10-11,26H2,(H3,27,28)(H,33,34). The third kappa shape index (κ3) is 7.83. The Labute approximate surface area is 220 Å². The van der Waals surface area contributed by atoms with Gasteiger partial charge >= 0.3 is 5.97 Å². The van der Waals surface area contributed by atoms with Gasteiger partial charge in [0, 0.05) is 22.2 Å². The van der Waals surface area contributed by atoms with Crippen LogP contribution in [-0.4, -0.2) is 46.2 Å². The molecular formula is C22H24Cl2IN5O4. The number of benzene rings is 2. The number of nitrogens with zero attached hydrogens (tertiary/aromatic N) is 1. The van der Waals surface area contributed by atoms with E-state index >= 15 is 0 Å². The van der Waals surface area contributed by atoms with Gasteiger partial charge in [-0.3, -0.25) is 24.7 Å². The van der Waals surface area contributed by atoms with Crippen LogP contribution in [-0.2, 0) is 16.1 Å². The van der Waals surface area contributed by atoms with Gasteiger partial charge in [-0.15, -0.1) is 0 Å². The molecule has 0 aliphatic heterocycles. The number of guanidine groups is 1. The Kier molecular flexibility index (Phi) is 10.5. The highest BCUT2D eigenvalue weighted by Gasteiger charge is 2.24. The lowest BCUT2D eigenvalue weighted by atomic mass is 10.0. The lowest BCUT2D eigenvalue weighted by Gasteiger charge is -2.21. The SMILES string of the molecule is N=C(N)N(CCCC(N)C(=O)O)C(=O)CC(=O)c1ccc(Cl)c(Cl)c1NCc1cccc(I)c1. The highest BCUT2D eigenvalue weighted by molar-refractivity contribution is 14.1. The van der Waals surface area contributed by atoms with Gasteiger partial charge in [0.2, 0.25) is 5.91 Å². The Morgan fingerprint density at radius 1 is 1.21 bits per heavy atom. The molecule has 12 heteroatoms. The molecule has 182 valence electrons. The number of rotatable bonds is 11. The molecule has 9 nitrogen and oxygen atoms in total. The van der Waals surface area contributed by atoms with Crippen LogP contribution in [0.3, 0.4) is 0 Å². The molecule has 2 aromatic rings. The smallest absolute Gasteiger partial charge is 0.320 e. The van der Waals surface area contributed by atoms with Crippen molar-refractivity contribution in [2.24, 2.45) is 11.5 Å². The molecule has 2 rings (SSSR count). The Morgan fingerprint density at radius 2 is 1.91 bits per heavy atom. The number of carbonyl (C=O) groups excluding carboxylic acids is 2. The number of Topliss-reactive ketones (excluding diaryl/α,β-unsaturated/α-hetero) is 1. The molecule has 0 spiro atoms. The van der Waals surface area contributed by atoms with Crippen LogP contribution in [0, 0.1) is 8.98 Å². The minimum atomic E-state index is -1.17. The number of anilines is 1. The number of carbonyl (C=O) groups is 3. The molecule has 0 saturated heterocycles. The lowest BCUT2D eigenvalue weighted by molar-refractivity contribution is -0.138. The van der Waals surface area contributed by atoms with Crippen LogP contribution >= 0.6 is 45.8 Å². The number of aliphatic carboxylic acids is 1. The van der Waals surface area contributed by atoms with E-state index in [1.165, 1.54) is 12.1 Å². The zero-order valence-corrected chi connectivity index (χ0v) is 21.7. The van der Waals surface area contributed by atoms with Crippen molar-refractivity contribution in [1.29, 1.82) is 5.41 Å².